The highest BCUT2D eigenvalue weighted by Crippen LogP contribution is 2.48. The van der Waals surface area contributed by atoms with E-state index in [0.717, 1.165) is 16.3 Å². The zero-order valence-electron chi connectivity index (χ0n) is 15.5. The fourth-order valence-electron chi connectivity index (χ4n) is 3.56. The Bertz CT molecular complexity index is 1020. The molecule has 3 N–H and O–H groups in total. The van der Waals surface area contributed by atoms with Crippen LogP contribution < -0.4 is 15.2 Å². The number of benzene rings is 3. The van der Waals surface area contributed by atoms with Gasteiger partial charge in [0, 0.05) is 23.2 Å². The molecule has 1 atom stereocenters. The molecule has 0 aliphatic carbocycles. The van der Waals surface area contributed by atoms with Crippen molar-refractivity contribution < 1.29 is 19.0 Å². The summed E-state index contributed by atoms with van der Waals surface area (Å²) >= 11 is 0. The van der Waals surface area contributed by atoms with Gasteiger partial charge in [-0.1, -0.05) is 6.92 Å². The number of fused-ring (bicyclic) bond motifs is 2. The van der Waals surface area contributed by atoms with Gasteiger partial charge >= 0.3 is 0 Å². The number of nitrogens with two attached hydrogens (primary N) is 1. The molecule has 1 unspecified atom stereocenters. The highest BCUT2D eigenvalue weighted by atomic mass is 19.1. The summed E-state index contributed by atoms with van der Waals surface area (Å²) < 4.78 is 25.7. The number of halogens is 1. The summed E-state index contributed by atoms with van der Waals surface area (Å²) in [6.07, 6.45) is 0.556. The fraction of sp³-hybridized carbons (Fsp3) is 0.273. The van der Waals surface area contributed by atoms with E-state index in [0.29, 0.717) is 29.2 Å². The molecule has 0 spiro atoms. The van der Waals surface area contributed by atoms with E-state index in [1.165, 1.54) is 12.1 Å². The Balaban J connectivity index is 1.81. The first-order valence-corrected chi connectivity index (χ1v) is 8.96. The zero-order valence-corrected chi connectivity index (χ0v) is 15.5. The summed E-state index contributed by atoms with van der Waals surface area (Å²) in [6, 6.07) is 13.6. The summed E-state index contributed by atoms with van der Waals surface area (Å²) in [5, 5.41) is 12.1. The van der Waals surface area contributed by atoms with Gasteiger partial charge in [0.05, 0.1) is 5.60 Å². The number of hydrogen-bond donors (Lipinski definition) is 2. The molecule has 0 aromatic heterocycles. The van der Waals surface area contributed by atoms with Gasteiger partial charge in [-0.05, 0) is 73.2 Å². The minimum Gasteiger partial charge on any atom is -0.444 e. The number of rotatable bonds is 3. The lowest BCUT2D eigenvalue weighted by Crippen LogP contribution is -2.34. The van der Waals surface area contributed by atoms with Gasteiger partial charge in [0.25, 0.3) is 5.79 Å². The third kappa shape index (κ3) is 2.88. The Morgan fingerprint density at radius 3 is 2.07 bits per heavy atom. The van der Waals surface area contributed by atoms with Gasteiger partial charge in [-0.2, -0.15) is 0 Å². The Morgan fingerprint density at radius 2 is 1.56 bits per heavy atom. The van der Waals surface area contributed by atoms with Crippen LogP contribution in [-0.4, -0.2) is 5.11 Å². The maximum atomic E-state index is 13.3. The lowest BCUT2D eigenvalue weighted by atomic mass is 9.93. The molecule has 1 heterocycles. The van der Waals surface area contributed by atoms with Crippen molar-refractivity contribution in [2.45, 2.75) is 38.6 Å². The third-order valence-electron chi connectivity index (χ3n) is 5.03. The van der Waals surface area contributed by atoms with E-state index in [2.05, 4.69) is 0 Å². The molecule has 1 aliphatic rings. The second kappa shape index (κ2) is 5.86. The number of hydrogen-bond acceptors (Lipinski definition) is 4. The van der Waals surface area contributed by atoms with Crippen LogP contribution in [0.4, 0.5) is 10.1 Å². The predicted octanol–water partition coefficient (Wildman–Crippen LogP) is 4.82. The fourth-order valence-corrected chi connectivity index (χ4v) is 3.56. The van der Waals surface area contributed by atoms with Crippen molar-refractivity contribution >= 4 is 16.5 Å². The van der Waals surface area contributed by atoms with Crippen LogP contribution in [0.2, 0.25) is 0 Å². The zero-order chi connectivity index (χ0) is 19.4. The molecule has 140 valence electrons. The van der Waals surface area contributed by atoms with Crippen LogP contribution in [-0.2, 0) is 11.4 Å². The summed E-state index contributed by atoms with van der Waals surface area (Å²) in [5.74, 6) is -0.0667. The Labute approximate surface area is 157 Å². The van der Waals surface area contributed by atoms with Crippen LogP contribution in [0.5, 0.6) is 11.5 Å². The van der Waals surface area contributed by atoms with Gasteiger partial charge in [0.2, 0.25) is 0 Å². The molecule has 0 bridgehead atoms. The number of aliphatic hydroxyl groups is 1. The minimum absolute atomic E-state index is 0.305. The van der Waals surface area contributed by atoms with Gasteiger partial charge in [-0.3, -0.25) is 0 Å². The summed E-state index contributed by atoms with van der Waals surface area (Å²) in [6.45, 7) is 5.36. The maximum Gasteiger partial charge on any atom is 0.278 e. The van der Waals surface area contributed by atoms with E-state index in [-0.39, 0.29) is 5.82 Å². The van der Waals surface area contributed by atoms with Crippen molar-refractivity contribution in [3.63, 3.8) is 0 Å². The summed E-state index contributed by atoms with van der Waals surface area (Å²) in [7, 11) is 0. The van der Waals surface area contributed by atoms with E-state index in [9.17, 15) is 9.50 Å². The van der Waals surface area contributed by atoms with Gasteiger partial charge in [-0.15, -0.1) is 0 Å². The van der Waals surface area contributed by atoms with Crippen molar-refractivity contribution in [3.05, 3.63) is 65.5 Å². The molecule has 0 fully saturated rings. The van der Waals surface area contributed by atoms with Crippen LogP contribution in [0.3, 0.4) is 0 Å². The second-order valence-electron chi connectivity index (χ2n) is 7.46. The molecular formula is C22H22FNO3. The Hall–Kier alpha value is -2.79. The van der Waals surface area contributed by atoms with Crippen molar-refractivity contribution in [3.8, 4) is 11.5 Å². The van der Waals surface area contributed by atoms with Crippen LogP contribution in [0, 0.1) is 5.82 Å². The van der Waals surface area contributed by atoms with E-state index in [4.69, 9.17) is 15.2 Å². The average molecular weight is 367 g/mol. The Morgan fingerprint density at radius 1 is 1.00 bits per heavy atom. The van der Waals surface area contributed by atoms with E-state index >= 15 is 0 Å². The molecular weight excluding hydrogens is 345 g/mol. The molecule has 0 saturated carbocycles. The molecule has 4 rings (SSSR count). The average Bonchev–Trinajstić information content (AvgIpc) is 2.97. The van der Waals surface area contributed by atoms with Crippen LogP contribution in [0.1, 0.15) is 38.3 Å². The van der Waals surface area contributed by atoms with Crippen molar-refractivity contribution in [2.24, 2.45) is 0 Å². The molecule has 5 heteroatoms. The number of ether oxygens (including phenoxy) is 2. The molecule has 1 aliphatic heterocycles. The molecule has 3 aromatic rings. The molecule has 27 heavy (non-hydrogen) atoms. The Kier molecular flexibility index (Phi) is 3.82. The number of nitrogen functional groups attached to an aromatic ring is 1. The second-order valence-corrected chi connectivity index (χ2v) is 7.46. The van der Waals surface area contributed by atoms with Crippen molar-refractivity contribution in [1.82, 2.24) is 0 Å². The topological polar surface area (TPSA) is 64.7 Å². The first kappa shape index (κ1) is 17.6. The lowest BCUT2D eigenvalue weighted by molar-refractivity contribution is -0.0891. The molecule has 0 amide bonds. The summed E-state index contributed by atoms with van der Waals surface area (Å²) in [4.78, 5) is 0. The third-order valence-corrected chi connectivity index (χ3v) is 5.03. The first-order chi connectivity index (χ1) is 12.7. The van der Waals surface area contributed by atoms with Crippen LogP contribution in [0.25, 0.3) is 10.8 Å². The lowest BCUT2D eigenvalue weighted by Gasteiger charge is -2.26. The van der Waals surface area contributed by atoms with E-state index < -0.39 is 11.4 Å². The predicted molar refractivity (Wildman–Crippen MR) is 103 cm³/mol. The largest absolute Gasteiger partial charge is 0.444 e. The minimum atomic E-state index is -1.05. The number of anilines is 1. The molecule has 3 aromatic carbocycles. The standard InChI is InChI=1S/C22H22FNO3/c1-4-22(15-5-7-16(23)8-6-15)26-19-11-13-9-17(21(2,3)25)18(24)10-14(13)12-20(19)27-22/h5-12,25H,4,24H2,1-3H3. The van der Waals surface area contributed by atoms with Gasteiger partial charge in [-0.25, -0.2) is 4.39 Å². The normalized spacial score (nSPS) is 18.9. The molecule has 0 saturated heterocycles. The van der Waals surface area contributed by atoms with E-state index in [1.807, 2.05) is 31.2 Å². The van der Waals surface area contributed by atoms with Gasteiger partial charge in [0.1, 0.15) is 5.82 Å². The highest BCUT2D eigenvalue weighted by Gasteiger charge is 2.42. The van der Waals surface area contributed by atoms with Crippen LogP contribution >= 0.6 is 0 Å². The summed E-state index contributed by atoms with van der Waals surface area (Å²) in [5.41, 5.74) is 7.03. The van der Waals surface area contributed by atoms with E-state index in [1.54, 1.807) is 26.0 Å². The monoisotopic (exact) mass is 367 g/mol. The van der Waals surface area contributed by atoms with Crippen molar-refractivity contribution in [1.29, 1.82) is 0 Å². The maximum absolute atomic E-state index is 13.3. The highest BCUT2D eigenvalue weighted by molar-refractivity contribution is 5.90. The van der Waals surface area contributed by atoms with Crippen molar-refractivity contribution in [2.75, 3.05) is 5.73 Å². The van der Waals surface area contributed by atoms with Gasteiger partial charge < -0.3 is 20.3 Å². The van der Waals surface area contributed by atoms with Crippen LogP contribution in [0.15, 0.2) is 48.5 Å². The SMILES string of the molecule is CCC1(c2ccc(F)cc2)Oc2cc3cc(N)c(C(C)(C)O)cc3cc2O1. The molecule has 0 radical (unpaired) electrons. The molecule has 4 nitrogen and oxygen atoms in total. The quantitative estimate of drug-likeness (QED) is 0.651. The van der Waals surface area contributed by atoms with Gasteiger partial charge in [0.15, 0.2) is 11.5 Å². The first-order valence-electron chi connectivity index (χ1n) is 8.96. The smallest absolute Gasteiger partial charge is 0.278 e.